The van der Waals surface area contributed by atoms with Gasteiger partial charge in [-0.05, 0) is 24.3 Å². The van der Waals surface area contributed by atoms with Gasteiger partial charge < -0.3 is 14.9 Å². The Bertz CT molecular complexity index is 501. The minimum Gasteiger partial charge on any atom is -0.481 e. The summed E-state index contributed by atoms with van der Waals surface area (Å²) in [7, 11) is 0. The fourth-order valence-electron chi connectivity index (χ4n) is 1.11. The van der Waals surface area contributed by atoms with Crippen LogP contribution in [0.3, 0.4) is 0 Å². The molecule has 0 spiro atoms. The summed E-state index contributed by atoms with van der Waals surface area (Å²) >= 11 is 0. The van der Waals surface area contributed by atoms with E-state index >= 15 is 0 Å². The highest BCUT2D eigenvalue weighted by Gasteiger charge is 1.92. The summed E-state index contributed by atoms with van der Waals surface area (Å²) in [5, 5.41) is 15.4. The molecule has 0 aliphatic carbocycles. The summed E-state index contributed by atoms with van der Waals surface area (Å²) in [6, 6.07) is 19.5. The van der Waals surface area contributed by atoms with Crippen molar-refractivity contribution in [1.29, 1.82) is 0 Å². The van der Waals surface area contributed by atoms with Crippen LogP contribution in [0.1, 0.15) is 26.7 Å². The SMILES string of the molecule is CCC(=O)O.CCC(=O)O.c1ccc(Oc2ccccc2)cc1. The van der Waals surface area contributed by atoms with Crippen molar-refractivity contribution in [3.05, 3.63) is 60.7 Å². The third-order valence-electron chi connectivity index (χ3n) is 2.33. The Morgan fingerprint density at radius 1 is 0.739 bits per heavy atom. The zero-order valence-corrected chi connectivity index (χ0v) is 13.3. The molecule has 0 aromatic heterocycles. The molecule has 5 heteroatoms. The molecule has 0 atom stereocenters. The number of carbonyl (C=O) groups is 2. The number of rotatable bonds is 4. The molecule has 0 radical (unpaired) electrons. The molecule has 0 fully saturated rings. The van der Waals surface area contributed by atoms with E-state index in [1.807, 2.05) is 60.7 Å². The van der Waals surface area contributed by atoms with Crippen LogP contribution in [0.2, 0.25) is 0 Å². The van der Waals surface area contributed by atoms with E-state index in [0.29, 0.717) is 0 Å². The maximum atomic E-state index is 9.37. The van der Waals surface area contributed by atoms with E-state index in [1.54, 1.807) is 13.8 Å². The molecule has 2 rings (SSSR count). The molecular formula is C18H22O5. The van der Waals surface area contributed by atoms with Crippen molar-refractivity contribution >= 4 is 11.9 Å². The largest absolute Gasteiger partial charge is 0.481 e. The second-order valence-electron chi connectivity index (χ2n) is 4.22. The highest BCUT2D eigenvalue weighted by Crippen LogP contribution is 2.19. The Balaban J connectivity index is 0.000000406. The molecule has 0 amide bonds. The second-order valence-corrected chi connectivity index (χ2v) is 4.22. The topological polar surface area (TPSA) is 83.8 Å². The lowest BCUT2D eigenvalue weighted by atomic mass is 10.3. The fourth-order valence-corrected chi connectivity index (χ4v) is 1.11. The van der Waals surface area contributed by atoms with E-state index in [4.69, 9.17) is 14.9 Å². The first-order valence-electron chi connectivity index (χ1n) is 7.21. The number of carboxylic acid groups (broad SMARTS) is 2. The first-order chi connectivity index (χ1) is 11.0. The van der Waals surface area contributed by atoms with Crippen molar-refractivity contribution in [2.75, 3.05) is 0 Å². The van der Waals surface area contributed by atoms with Gasteiger partial charge in [0.15, 0.2) is 0 Å². The van der Waals surface area contributed by atoms with Gasteiger partial charge in [0.25, 0.3) is 0 Å². The number of hydrogen-bond acceptors (Lipinski definition) is 3. The van der Waals surface area contributed by atoms with Crippen LogP contribution in [0.15, 0.2) is 60.7 Å². The van der Waals surface area contributed by atoms with Gasteiger partial charge in [0.1, 0.15) is 11.5 Å². The molecule has 2 aromatic rings. The molecular weight excluding hydrogens is 296 g/mol. The van der Waals surface area contributed by atoms with Crippen molar-refractivity contribution < 1.29 is 24.5 Å². The molecule has 23 heavy (non-hydrogen) atoms. The summed E-state index contributed by atoms with van der Waals surface area (Å²) in [6.45, 7) is 3.20. The van der Waals surface area contributed by atoms with Gasteiger partial charge in [-0.3, -0.25) is 9.59 Å². The lowest BCUT2D eigenvalue weighted by Gasteiger charge is -2.03. The van der Waals surface area contributed by atoms with E-state index in [1.165, 1.54) is 0 Å². The fraction of sp³-hybridized carbons (Fsp3) is 0.222. The standard InChI is InChI=1S/C12H10O.2C3H6O2/c1-3-7-11(8-4-1)13-12-9-5-2-6-10-12;2*1-2-3(4)5/h1-10H;2*2H2,1H3,(H,4,5). The molecule has 2 N–H and O–H groups in total. The predicted octanol–water partition coefficient (Wildman–Crippen LogP) is 4.44. The highest BCUT2D eigenvalue weighted by atomic mass is 16.5. The number of hydrogen-bond donors (Lipinski definition) is 2. The smallest absolute Gasteiger partial charge is 0.303 e. The van der Waals surface area contributed by atoms with E-state index in [0.717, 1.165) is 11.5 Å². The van der Waals surface area contributed by atoms with E-state index < -0.39 is 11.9 Å². The Morgan fingerprint density at radius 3 is 1.22 bits per heavy atom. The van der Waals surface area contributed by atoms with Gasteiger partial charge in [-0.1, -0.05) is 50.2 Å². The number of carboxylic acids is 2. The summed E-state index contributed by atoms with van der Waals surface area (Å²) in [6.07, 6.45) is 0.444. The number of benzene rings is 2. The van der Waals surface area contributed by atoms with Crippen molar-refractivity contribution in [2.45, 2.75) is 26.7 Å². The van der Waals surface area contributed by atoms with Gasteiger partial charge in [-0.25, -0.2) is 0 Å². The van der Waals surface area contributed by atoms with E-state index in [2.05, 4.69) is 0 Å². The van der Waals surface area contributed by atoms with Gasteiger partial charge in [-0.15, -0.1) is 0 Å². The lowest BCUT2D eigenvalue weighted by molar-refractivity contribution is -0.137. The minimum absolute atomic E-state index is 0.222. The van der Waals surface area contributed by atoms with E-state index in [-0.39, 0.29) is 12.8 Å². The molecule has 0 heterocycles. The van der Waals surface area contributed by atoms with Crippen molar-refractivity contribution in [1.82, 2.24) is 0 Å². The Labute approximate surface area is 136 Å². The maximum absolute atomic E-state index is 9.37. The monoisotopic (exact) mass is 318 g/mol. The van der Waals surface area contributed by atoms with Crippen molar-refractivity contribution in [2.24, 2.45) is 0 Å². The molecule has 124 valence electrons. The van der Waals surface area contributed by atoms with Gasteiger partial charge in [0.2, 0.25) is 0 Å². The van der Waals surface area contributed by atoms with Crippen LogP contribution in [0, 0.1) is 0 Å². The van der Waals surface area contributed by atoms with Crippen LogP contribution < -0.4 is 4.74 Å². The van der Waals surface area contributed by atoms with Crippen molar-refractivity contribution in [3.63, 3.8) is 0 Å². The van der Waals surface area contributed by atoms with E-state index in [9.17, 15) is 9.59 Å². The Kier molecular flexibility index (Phi) is 11.3. The van der Waals surface area contributed by atoms with Crippen LogP contribution in [0.25, 0.3) is 0 Å². The molecule has 0 saturated heterocycles. The molecule has 0 bridgehead atoms. The predicted molar refractivity (Wildman–Crippen MR) is 88.8 cm³/mol. The number of para-hydroxylation sites is 2. The summed E-state index contributed by atoms with van der Waals surface area (Å²) < 4.78 is 5.58. The third-order valence-corrected chi connectivity index (χ3v) is 2.33. The van der Waals surface area contributed by atoms with Crippen LogP contribution in [-0.2, 0) is 9.59 Å². The second kappa shape index (κ2) is 12.9. The van der Waals surface area contributed by atoms with Gasteiger partial charge in [-0.2, -0.15) is 0 Å². The molecule has 0 saturated carbocycles. The minimum atomic E-state index is -0.745. The number of ether oxygens (including phenoxy) is 1. The molecule has 5 nitrogen and oxygen atoms in total. The Morgan fingerprint density at radius 2 is 1.00 bits per heavy atom. The molecule has 0 unspecified atom stereocenters. The zero-order chi connectivity index (χ0) is 17.5. The average molecular weight is 318 g/mol. The van der Waals surface area contributed by atoms with Crippen LogP contribution in [0.5, 0.6) is 11.5 Å². The van der Waals surface area contributed by atoms with Crippen LogP contribution >= 0.6 is 0 Å². The number of aliphatic carboxylic acids is 2. The summed E-state index contributed by atoms with van der Waals surface area (Å²) in [4.78, 5) is 18.7. The average Bonchev–Trinajstić information content (AvgIpc) is 2.58. The van der Waals surface area contributed by atoms with Gasteiger partial charge >= 0.3 is 11.9 Å². The zero-order valence-electron chi connectivity index (χ0n) is 13.3. The highest BCUT2D eigenvalue weighted by molar-refractivity contribution is 5.66. The quantitative estimate of drug-likeness (QED) is 0.870. The van der Waals surface area contributed by atoms with Crippen LogP contribution in [0.4, 0.5) is 0 Å². The normalized spacial score (nSPS) is 8.61. The van der Waals surface area contributed by atoms with Gasteiger partial charge in [0, 0.05) is 12.8 Å². The Hall–Kier alpha value is -2.82. The maximum Gasteiger partial charge on any atom is 0.303 e. The van der Waals surface area contributed by atoms with Gasteiger partial charge in [0.05, 0.1) is 0 Å². The van der Waals surface area contributed by atoms with Crippen LogP contribution in [-0.4, -0.2) is 22.2 Å². The third kappa shape index (κ3) is 12.6. The lowest BCUT2D eigenvalue weighted by Crippen LogP contribution is -1.86. The summed E-state index contributed by atoms with van der Waals surface area (Å²) in [5.74, 6) is 0.248. The first-order valence-corrected chi connectivity index (χ1v) is 7.21. The molecule has 0 aliphatic heterocycles. The summed E-state index contributed by atoms with van der Waals surface area (Å²) in [5.41, 5.74) is 0. The van der Waals surface area contributed by atoms with Crippen molar-refractivity contribution in [3.8, 4) is 11.5 Å². The molecule has 2 aromatic carbocycles. The first kappa shape index (κ1) is 20.2. The molecule has 0 aliphatic rings.